The van der Waals surface area contributed by atoms with Gasteiger partial charge in [0.1, 0.15) is 11.2 Å². The highest BCUT2D eigenvalue weighted by Gasteiger charge is 2.39. The fourth-order valence-corrected chi connectivity index (χ4v) is 13.1. The molecule has 79 heavy (non-hydrogen) atoms. The zero-order valence-electron chi connectivity index (χ0n) is 43.6. The van der Waals surface area contributed by atoms with Crippen molar-refractivity contribution in [3.05, 3.63) is 278 Å². The molecule has 16 rings (SSSR count). The summed E-state index contributed by atoms with van der Waals surface area (Å²) in [4.78, 5) is 4.76. The van der Waals surface area contributed by atoms with E-state index >= 15 is 0 Å². The van der Waals surface area contributed by atoms with Crippen molar-refractivity contribution in [2.24, 2.45) is 0 Å². The molecule has 15 aromatic rings. The number of nitrogens with zero attached hydrogens (tertiary/aromatic N) is 2. The molecule has 0 radical (unpaired) electrons. The first-order valence-corrected chi connectivity index (χ1v) is 27.2. The van der Waals surface area contributed by atoms with Crippen LogP contribution in [0.2, 0.25) is 0 Å². The highest BCUT2D eigenvalue weighted by Crippen LogP contribution is 2.57. The maximum absolute atomic E-state index is 6.80. The van der Waals surface area contributed by atoms with Gasteiger partial charge in [0.15, 0.2) is 11.2 Å². The molecule has 0 saturated carbocycles. The smallest absolute Gasteiger partial charge is 0.159 e. The molecular weight excluding hydrogens is 961 g/mol. The van der Waals surface area contributed by atoms with Gasteiger partial charge in [-0.3, -0.25) is 0 Å². The van der Waals surface area contributed by atoms with E-state index in [0.29, 0.717) is 0 Å². The molecule has 4 nitrogen and oxygen atoms in total. The minimum atomic E-state index is -0.341. The van der Waals surface area contributed by atoms with Gasteiger partial charge in [-0.1, -0.05) is 196 Å². The van der Waals surface area contributed by atoms with Crippen LogP contribution in [-0.4, -0.2) is 0 Å². The predicted molar refractivity (Wildman–Crippen MR) is 331 cm³/mol. The lowest BCUT2D eigenvalue weighted by molar-refractivity contribution is 0.667. The van der Waals surface area contributed by atoms with Crippen LogP contribution in [0.5, 0.6) is 0 Å². The number of benzene rings is 13. The molecule has 0 saturated heterocycles. The molecule has 0 fully saturated rings. The van der Waals surface area contributed by atoms with Crippen molar-refractivity contribution in [1.29, 1.82) is 0 Å². The molecule has 0 bridgehead atoms. The molecule has 0 spiro atoms. The molecule has 1 aliphatic carbocycles. The second-order valence-electron chi connectivity index (χ2n) is 21.6. The van der Waals surface area contributed by atoms with Gasteiger partial charge in [0.25, 0.3) is 0 Å². The molecule has 4 heteroatoms. The van der Waals surface area contributed by atoms with E-state index in [1.54, 1.807) is 0 Å². The Hall–Kier alpha value is -10.2. The molecule has 13 aromatic carbocycles. The number of fused-ring (bicyclic) bond motifs is 15. The van der Waals surface area contributed by atoms with Gasteiger partial charge in [0, 0.05) is 49.7 Å². The molecule has 2 aromatic heterocycles. The Morgan fingerprint density at radius 1 is 0.304 bits per heavy atom. The predicted octanol–water partition coefficient (Wildman–Crippen LogP) is 21.5. The Bertz CT molecular complexity index is 4950. The van der Waals surface area contributed by atoms with Gasteiger partial charge in [-0.25, -0.2) is 0 Å². The van der Waals surface area contributed by atoms with Gasteiger partial charge >= 0.3 is 0 Å². The van der Waals surface area contributed by atoms with E-state index in [-0.39, 0.29) is 5.41 Å². The van der Waals surface area contributed by atoms with E-state index < -0.39 is 0 Å². The zero-order chi connectivity index (χ0) is 52.3. The summed E-state index contributed by atoms with van der Waals surface area (Å²) in [6.45, 7) is 4.84. The summed E-state index contributed by atoms with van der Waals surface area (Å²) >= 11 is 0. The second kappa shape index (κ2) is 17.4. The van der Waals surface area contributed by atoms with Gasteiger partial charge in [-0.2, -0.15) is 0 Å². The Morgan fingerprint density at radius 2 is 0.772 bits per heavy atom. The average molecular weight is 1010 g/mol. The summed E-state index contributed by atoms with van der Waals surface area (Å²) in [5, 5.41) is 11.7. The third kappa shape index (κ3) is 7.01. The first-order valence-electron chi connectivity index (χ1n) is 27.2. The lowest BCUT2D eigenvalue weighted by Crippen LogP contribution is -2.16. The van der Waals surface area contributed by atoms with Crippen molar-refractivity contribution >= 4 is 110 Å². The SMILES string of the molecule is CC1(C)c2cc3cc(N(c4cccc(-c5ccccc5)c4)c4cccc5c4oc4ccccc45)ccc3cc2-c2c1c1ccc(N(c3cccc(-c4ccccc4)c3)c3cccc4c3oc3ccccc34)cc1c1ccccc21. The first-order chi connectivity index (χ1) is 38.9. The molecule has 0 aliphatic heterocycles. The van der Waals surface area contributed by atoms with Crippen molar-refractivity contribution in [2.75, 3.05) is 9.80 Å². The summed E-state index contributed by atoms with van der Waals surface area (Å²) in [7, 11) is 0. The van der Waals surface area contributed by atoms with Crippen LogP contribution >= 0.6 is 0 Å². The van der Waals surface area contributed by atoms with E-state index in [1.807, 2.05) is 12.1 Å². The fraction of sp³-hybridized carbons (Fsp3) is 0.0400. The third-order valence-electron chi connectivity index (χ3n) is 16.7. The molecule has 0 atom stereocenters. The van der Waals surface area contributed by atoms with Crippen LogP contribution in [0, 0.1) is 0 Å². The van der Waals surface area contributed by atoms with Crippen LogP contribution in [0.1, 0.15) is 25.0 Å². The largest absolute Gasteiger partial charge is 0.454 e. The van der Waals surface area contributed by atoms with Gasteiger partial charge in [0.2, 0.25) is 0 Å². The number of para-hydroxylation sites is 4. The van der Waals surface area contributed by atoms with Crippen molar-refractivity contribution in [1.82, 2.24) is 0 Å². The number of furan rings is 2. The van der Waals surface area contributed by atoms with Crippen LogP contribution in [0.25, 0.3) is 110 Å². The van der Waals surface area contributed by atoms with Gasteiger partial charge < -0.3 is 18.6 Å². The number of hydrogen-bond donors (Lipinski definition) is 0. The molecule has 0 amide bonds. The van der Waals surface area contributed by atoms with Crippen molar-refractivity contribution in [2.45, 2.75) is 19.3 Å². The number of anilines is 6. The van der Waals surface area contributed by atoms with Crippen molar-refractivity contribution < 1.29 is 8.83 Å². The quantitative estimate of drug-likeness (QED) is 0.142. The van der Waals surface area contributed by atoms with Crippen LogP contribution in [0.3, 0.4) is 0 Å². The lowest BCUT2D eigenvalue weighted by Gasteiger charge is -2.28. The normalized spacial score (nSPS) is 12.8. The summed E-state index contributed by atoms with van der Waals surface area (Å²) in [6.07, 6.45) is 0. The summed E-state index contributed by atoms with van der Waals surface area (Å²) in [6, 6.07) is 96.8. The Balaban J connectivity index is 0.873. The average Bonchev–Trinajstić information content (AvgIpc) is 3.88. The zero-order valence-corrected chi connectivity index (χ0v) is 43.6. The highest BCUT2D eigenvalue weighted by molar-refractivity contribution is 6.20. The van der Waals surface area contributed by atoms with Gasteiger partial charge in [-0.05, 0) is 162 Å². The van der Waals surface area contributed by atoms with E-state index in [1.165, 1.54) is 65.7 Å². The van der Waals surface area contributed by atoms with E-state index in [0.717, 1.165) is 89.1 Å². The minimum Gasteiger partial charge on any atom is -0.454 e. The third-order valence-corrected chi connectivity index (χ3v) is 16.7. The summed E-state index contributed by atoms with van der Waals surface area (Å²) < 4.78 is 13.6. The summed E-state index contributed by atoms with van der Waals surface area (Å²) in [5.41, 5.74) is 19.2. The molecular formula is C75H50N2O2. The molecule has 2 heterocycles. The highest BCUT2D eigenvalue weighted by atomic mass is 16.3. The van der Waals surface area contributed by atoms with Crippen LogP contribution in [0.15, 0.2) is 276 Å². The Labute approximate surface area is 457 Å². The Kier molecular flexibility index (Phi) is 9.95. The molecule has 372 valence electrons. The molecule has 0 unspecified atom stereocenters. The minimum absolute atomic E-state index is 0.341. The van der Waals surface area contributed by atoms with Crippen LogP contribution in [-0.2, 0) is 5.41 Å². The standard InChI is InChI=1S/C75H50N2O2/c1-75(2)66-45-52-43-55(76(53-25-15-23-49(41-53)47-19-5-3-6-20-47)67-33-17-31-62-58-28-11-13-35-69(58)78-73(62)67)38-37-51(52)44-65(66)71-60-30-10-9-27-57(60)64-46-56(39-40-61(64)72(71)75)77(54-26-16-24-50(42-54)48-21-7-4-8-22-48)68-34-18-32-63-59-29-12-14-36-70(59)79-74(63)68/h3-46H,1-2H3. The van der Waals surface area contributed by atoms with E-state index in [9.17, 15) is 0 Å². The summed E-state index contributed by atoms with van der Waals surface area (Å²) in [5.74, 6) is 0. The number of rotatable bonds is 8. The van der Waals surface area contributed by atoms with Crippen LogP contribution < -0.4 is 9.80 Å². The van der Waals surface area contributed by atoms with E-state index in [4.69, 9.17) is 8.83 Å². The van der Waals surface area contributed by atoms with Gasteiger partial charge in [0.05, 0.1) is 11.4 Å². The van der Waals surface area contributed by atoms with E-state index in [2.05, 4.69) is 278 Å². The molecule has 1 aliphatic rings. The monoisotopic (exact) mass is 1010 g/mol. The maximum Gasteiger partial charge on any atom is 0.159 e. The van der Waals surface area contributed by atoms with Crippen molar-refractivity contribution in [3.63, 3.8) is 0 Å². The van der Waals surface area contributed by atoms with Gasteiger partial charge in [-0.15, -0.1) is 0 Å². The van der Waals surface area contributed by atoms with Crippen molar-refractivity contribution in [3.8, 4) is 33.4 Å². The molecule has 0 N–H and O–H groups in total. The lowest BCUT2D eigenvalue weighted by atomic mass is 9.79. The fourth-order valence-electron chi connectivity index (χ4n) is 13.1. The Morgan fingerprint density at radius 3 is 1.37 bits per heavy atom. The van der Waals surface area contributed by atoms with Crippen LogP contribution in [0.4, 0.5) is 34.1 Å². The maximum atomic E-state index is 6.80. The number of hydrogen-bond acceptors (Lipinski definition) is 4. The topological polar surface area (TPSA) is 32.8 Å². The second-order valence-corrected chi connectivity index (χ2v) is 21.6. The first kappa shape index (κ1) is 45.1.